The van der Waals surface area contributed by atoms with Gasteiger partial charge in [0.1, 0.15) is 0 Å². The highest BCUT2D eigenvalue weighted by Gasteiger charge is 2.28. The van der Waals surface area contributed by atoms with Gasteiger partial charge in [-0.3, -0.25) is 4.79 Å². The van der Waals surface area contributed by atoms with E-state index in [1.54, 1.807) is 30.0 Å². The van der Waals surface area contributed by atoms with Gasteiger partial charge >= 0.3 is 0 Å². The van der Waals surface area contributed by atoms with Crippen LogP contribution in [0.2, 0.25) is 0 Å². The van der Waals surface area contributed by atoms with Gasteiger partial charge in [-0.2, -0.15) is 4.31 Å². The Morgan fingerprint density at radius 1 is 1.20 bits per heavy atom. The van der Waals surface area contributed by atoms with Crippen LogP contribution in [-0.2, 0) is 10.0 Å². The molecule has 7 heteroatoms. The lowest BCUT2D eigenvalue weighted by Gasteiger charge is -2.34. The van der Waals surface area contributed by atoms with Gasteiger partial charge in [0.2, 0.25) is 10.0 Å². The number of nitrogens with zero attached hydrogens (tertiary/aromatic N) is 2. The third kappa shape index (κ3) is 3.16. The molecule has 110 valence electrons. The van der Waals surface area contributed by atoms with Crippen LogP contribution in [0, 0.1) is 0 Å². The highest BCUT2D eigenvalue weighted by molar-refractivity contribution is 7.89. The number of carbonyl (C=O) groups is 1. The average molecular weight is 314 g/mol. The largest absolute Gasteiger partial charge is 0.336 e. The van der Waals surface area contributed by atoms with Crippen molar-refractivity contribution in [3.63, 3.8) is 0 Å². The summed E-state index contributed by atoms with van der Waals surface area (Å²) in [6.45, 7) is 3.18. The van der Waals surface area contributed by atoms with Gasteiger partial charge in [0.05, 0.1) is 11.3 Å². The van der Waals surface area contributed by atoms with Crippen LogP contribution < -0.4 is 0 Å². The fourth-order valence-electron chi connectivity index (χ4n) is 2.18. The molecule has 1 aromatic carbocycles. The average Bonchev–Trinajstić information content (AvgIpc) is 2.47. The van der Waals surface area contributed by atoms with Crippen LogP contribution in [0.4, 0.5) is 0 Å². The Kier molecular flexibility index (Phi) is 4.72. The first-order valence-electron chi connectivity index (χ1n) is 6.51. The zero-order chi connectivity index (χ0) is 14.8. The van der Waals surface area contributed by atoms with Gasteiger partial charge in [-0.15, -0.1) is 12.6 Å². The summed E-state index contributed by atoms with van der Waals surface area (Å²) in [5, 5.41) is 0. The van der Waals surface area contributed by atoms with E-state index in [0.717, 1.165) is 0 Å². The van der Waals surface area contributed by atoms with E-state index in [-0.39, 0.29) is 11.7 Å². The monoisotopic (exact) mass is 314 g/mol. The van der Waals surface area contributed by atoms with Gasteiger partial charge < -0.3 is 4.90 Å². The van der Waals surface area contributed by atoms with Crippen molar-refractivity contribution in [1.29, 1.82) is 0 Å². The van der Waals surface area contributed by atoms with E-state index < -0.39 is 10.0 Å². The molecule has 1 fully saturated rings. The molecule has 1 aliphatic rings. The standard InChI is InChI=1S/C13H18N2O3S2/c1-2-20(17,18)15-9-7-14(8-10-15)13(16)11-5-3-4-6-12(11)19/h3-6,19H,2,7-10H2,1H3. The maximum atomic E-state index is 12.4. The van der Waals surface area contributed by atoms with Crippen LogP contribution in [0.5, 0.6) is 0 Å². The van der Waals surface area contributed by atoms with E-state index in [9.17, 15) is 13.2 Å². The molecule has 1 aliphatic heterocycles. The number of piperazine rings is 1. The Morgan fingerprint density at radius 3 is 2.35 bits per heavy atom. The third-order valence-electron chi connectivity index (χ3n) is 3.42. The van der Waals surface area contributed by atoms with Crippen LogP contribution in [0.1, 0.15) is 17.3 Å². The Bertz CT molecular complexity index is 593. The van der Waals surface area contributed by atoms with Crippen molar-refractivity contribution >= 4 is 28.6 Å². The predicted molar refractivity (Wildman–Crippen MR) is 80.6 cm³/mol. The van der Waals surface area contributed by atoms with Gasteiger partial charge in [0.25, 0.3) is 5.91 Å². The van der Waals surface area contributed by atoms with Gasteiger partial charge in [0.15, 0.2) is 0 Å². The first kappa shape index (κ1) is 15.3. The number of hydrogen-bond acceptors (Lipinski definition) is 4. The smallest absolute Gasteiger partial charge is 0.255 e. The fraction of sp³-hybridized carbons (Fsp3) is 0.462. The van der Waals surface area contributed by atoms with E-state index in [2.05, 4.69) is 12.6 Å². The van der Waals surface area contributed by atoms with Crippen LogP contribution in [0.15, 0.2) is 29.2 Å². The minimum atomic E-state index is -3.16. The number of carbonyl (C=O) groups excluding carboxylic acids is 1. The number of benzene rings is 1. The molecule has 5 nitrogen and oxygen atoms in total. The van der Waals surface area contributed by atoms with Crippen molar-refractivity contribution in [1.82, 2.24) is 9.21 Å². The first-order chi connectivity index (χ1) is 9.45. The van der Waals surface area contributed by atoms with Gasteiger partial charge in [0, 0.05) is 31.1 Å². The molecular weight excluding hydrogens is 296 g/mol. The topological polar surface area (TPSA) is 57.7 Å². The summed E-state index contributed by atoms with van der Waals surface area (Å²) in [4.78, 5) is 14.7. The molecule has 0 saturated carbocycles. The molecule has 1 aromatic rings. The van der Waals surface area contributed by atoms with Crippen molar-refractivity contribution in [3.8, 4) is 0 Å². The molecular formula is C13H18N2O3S2. The maximum Gasteiger partial charge on any atom is 0.255 e. The van der Waals surface area contributed by atoms with Gasteiger partial charge in [-0.1, -0.05) is 12.1 Å². The maximum absolute atomic E-state index is 12.4. The van der Waals surface area contributed by atoms with Gasteiger partial charge in [-0.25, -0.2) is 8.42 Å². The van der Waals surface area contributed by atoms with E-state index in [1.807, 2.05) is 6.07 Å². The summed E-state index contributed by atoms with van der Waals surface area (Å²) in [7, 11) is -3.16. The SMILES string of the molecule is CCS(=O)(=O)N1CCN(C(=O)c2ccccc2S)CC1. The van der Waals surface area contributed by atoms with E-state index in [4.69, 9.17) is 0 Å². The molecule has 0 atom stereocenters. The molecule has 0 aromatic heterocycles. The Morgan fingerprint density at radius 2 is 1.80 bits per heavy atom. The van der Waals surface area contributed by atoms with Crippen molar-refractivity contribution in [2.45, 2.75) is 11.8 Å². The van der Waals surface area contributed by atoms with E-state index in [0.29, 0.717) is 36.6 Å². The van der Waals surface area contributed by atoms with E-state index >= 15 is 0 Å². The lowest BCUT2D eigenvalue weighted by Crippen LogP contribution is -2.50. The van der Waals surface area contributed by atoms with Crippen LogP contribution in [-0.4, -0.2) is 55.5 Å². The lowest BCUT2D eigenvalue weighted by molar-refractivity contribution is 0.0694. The minimum Gasteiger partial charge on any atom is -0.336 e. The molecule has 0 spiro atoms. The summed E-state index contributed by atoms with van der Waals surface area (Å²) in [5.74, 6) is 0.00426. The molecule has 0 N–H and O–H groups in total. The van der Waals surface area contributed by atoms with Crippen LogP contribution in [0.3, 0.4) is 0 Å². The highest BCUT2D eigenvalue weighted by atomic mass is 32.2. The lowest BCUT2D eigenvalue weighted by atomic mass is 10.2. The molecule has 20 heavy (non-hydrogen) atoms. The second-order valence-electron chi connectivity index (χ2n) is 4.61. The third-order valence-corrected chi connectivity index (χ3v) is 5.69. The van der Waals surface area contributed by atoms with E-state index in [1.165, 1.54) is 4.31 Å². The van der Waals surface area contributed by atoms with Crippen molar-refractivity contribution < 1.29 is 13.2 Å². The van der Waals surface area contributed by atoms with Crippen molar-refractivity contribution in [3.05, 3.63) is 29.8 Å². The molecule has 0 aliphatic carbocycles. The Labute approximate surface area is 125 Å². The molecule has 0 radical (unpaired) electrons. The van der Waals surface area contributed by atoms with Crippen LogP contribution in [0.25, 0.3) is 0 Å². The Balaban J connectivity index is 2.05. The van der Waals surface area contributed by atoms with Gasteiger partial charge in [-0.05, 0) is 19.1 Å². The quantitative estimate of drug-likeness (QED) is 0.850. The van der Waals surface area contributed by atoms with Crippen molar-refractivity contribution in [2.24, 2.45) is 0 Å². The number of amides is 1. The number of thiol groups is 1. The fourth-order valence-corrected chi connectivity index (χ4v) is 3.52. The molecule has 1 heterocycles. The zero-order valence-corrected chi connectivity index (χ0v) is 13.0. The minimum absolute atomic E-state index is 0.0934. The summed E-state index contributed by atoms with van der Waals surface area (Å²) < 4.78 is 25.0. The first-order valence-corrected chi connectivity index (χ1v) is 8.56. The second-order valence-corrected chi connectivity index (χ2v) is 7.35. The summed E-state index contributed by atoms with van der Waals surface area (Å²) >= 11 is 4.28. The normalized spacial score (nSPS) is 17.2. The number of rotatable bonds is 3. The number of sulfonamides is 1. The summed E-state index contributed by atoms with van der Waals surface area (Å²) in [6.07, 6.45) is 0. The molecule has 1 amide bonds. The highest BCUT2D eigenvalue weighted by Crippen LogP contribution is 2.17. The second kappa shape index (κ2) is 6.15. The predicted octanol–water partition coefficient (Wildman–Crippen LogP) is 1.08. The number of hydrogen-bond donors (Lipinski definition) is 1. The molecule has 0 bridgehead atoms. The summed E-state index contributed by atoms with van der Waals surface area (Å²) in [6, 6.07) is 7.13. The summed E-state index contributed by atoms with van der Waals surface area (Å²) in [5.41, 5.74) is 0.558. The molecule has 1 saturated heterocycles. The molecule has 2 rings (SSSR count). The zero-order valence-electron chi connectivity index (χ0n) is 11.3. The van der Waals surface area contributed by atoms with Crippen molar-refractivity contribution in [2.75, 3.05) is 31.9 Å². The van der Waals surface area contributed by atoms with Crippen LogP contribution >= 0.6 is 12.6 Å². The Hall–Kier alpha value is -1.05. The molecule has 0 unspecified atom stereocenters.